The number of carboxylic acid groups (broad SMARTS) is 2. The number of nitrogens with one attached hydrogen (secondary N) is 1. The molecule has 1 saturated heterocycles. The SMILES string of the molecule is COc1ccccc1N1CCN(C/C=C/CNC(=O)c2ccc(OCCOCCF)cc2)CC1.O=C(O)C(=O)O. The first-order valence-electron chi connectivity index (χ1n) is 12.7. The number of rotatable bonds is 13. The Labute approximate surface area is 232 Å². The van der Waals surface area contributed by atoms with Gasteiger partial charge in [0.05, 0.1) is 26.0 Å². The number of hydrogen-bond acceptors (Lipinski definition) is 8. The van der Waals surface area contributed by atoms with Crippen LogP contribution in [-0.4, -0.2) is 106 Å². The molecule has 2 aromatic rings. The van der Waals surface area contributed by atoms with E-state index in [4.69, 9.17) is 34.0 Å². The normalized spacial score (nSPS) is 13.3. The van der Waals surface area contributed by atoms with Gasteiger partial charge in [-0.15, -0.1) is 0 Å². The molecule has 11 nitrogen and oxygen atoms in total. The second-order valence-corrected chi connectivity index (χ2v) is 8.43. The Kier molecular flexibility index (Phi) is 14.6. The van der Waals surface area contributed by atoms with Gasteiger partial charge in [-0.3, -0.25) is 9.69 Å². The molecule has 0 aromatic heterocycles. The van der Waals surface area contributed by atoms with Crippen molar-refractivity contribution < 1.29 is 43.2 Å². The molecule has 0 unspecified atom stereocenters. The topological polar surface area (TPSA) is 138 Å². The molecule has 1 heterocycles. The van der Waals surface area contributed by atoms with Crippen LogP contribution in [0.1, 0.15) is 10.4 Å². The lowest BCUT2D eigenvalue weighted by Gasteiger charge is -2.36. The molecule has 1 amide bonds. The first-order valence-corrected chi connectivity index (χ1v) is 12.7. The summed E-state index contributed by atoms with van der Waals surface area (Å²) in [6.07, 6.45) is 4.08. The predicted molar refractivity (Wildman–Crippen MR) is 147 cm³/mol. The van der Waals surface area contributed by atoms with E-state index in [1.165, 1.54) is 0 Å². The highest BCUT2D eigenvalue weighted by Crippen LogP contribution is 2.28. The Bertz CT molecular complexity index is 1080. The lowest BCUT2D eigenvalue weighted by molar-refractivity contribution is -0.159. The number of carboxylic acids is 2. The molecule has 12 heteroatoms. The van der Waals surface area contributed by atoms with E-state index in [0.717, 1.165) is 44.2 Å². The maximum absolute atomic E-state index is 12.3. The van der Waals surface area contributed by atoms with Gasteiger partial charge in [0.1, 0.15) is 24.8 Å². The lowest BCUT2D eigenvalue weighted by atomic mass is 10.2. The highest BCUT2D eigenvalue weighted by atomic mass is 19.1. The molecule has 40 heavy (non-hydrogen) atoms. The third-order valence-corrected chi connectivity index (χ3v) is 5.73. The molecule has 1 aliphatic heterocycles. The summed E-state index contributed by atoms with van der Waals surface area (Å²) in [4.78, 5) is 35.3. The number of alkyl halides is 1. The Morgan fingerprint density at radius 3 is 2.23 bits per heavy atom. The summed E-state index contributed by atoms with van der Waals surface area (Å²) in [7, 11) is 1.71. The largest absolute Gasteiger partial charge is 0.495 e. The number of hydrogen-bond donors (Lipinski definition) is 3. The molecule has 0 radical (unpaired) electrons. The van der Waals surface area contributed by atoms with Crippen LogP contribution in [0.25, 0.3) is 0 Å². The average Bonchev–Trinajstić information content (AvgIpc) is 2.97. The smallest absolute Gasteiger partial charge is 0.414 e. The van der Waals surface area contributed by atoms with E-state index in [1.807, 2.05) is 24.3 Å². The fraction of sp³-hybridized carbons (Fsp3) is 0.393. The summed E-state index contributed by atoms with van der Waals surface area (Å²) >= 11 is 0. The summed E-state index contributed by atoms with van der Waals surface area (Å²) < 4.78 is 28.0. The van der Waals surface area contributed by atoms with Crippen LogP contribution in [0, 0.1) is 0 Å². The molecule has 0 atom stereocenters. The number of ether oxygens (including phenoxy) is 3. The van der Waals surface area contributed by atoms with Crippen LogP contribution >= 0.6 is 0 Å². The third-order valence-electron chi connectivity index (χ3n) is 5.73. The van der Waals surface area contributed by atoms with E-state index in [0.29, 0.717) is 31.1 Å². The van der Waals surface area contributed by atoms with Gasteiger partial charge in [0.2, 0.25) is 0 Å². The van der Waals surface area contributed by atoms with Gasteiger partial charge in [0.25, 0.3) is 5.91 Å². The number of aliphatic carboxylic acids is 2. The molecule has 3 N–H and O–H groups in total. The van der Waals surface area contributed by atoms with Gasteiger partial charge in [0, 0.05) is 44.8 Å². The van der Waals surface area contributed by atoms with Crippen molar-refractivity contribution in [2.75, 3.05) is 77.8 Å². The quantitative estimate of drug-likeness (QED) is 0.190. The van der Waals surface area contributed by atoms with Gasteiger partial charge >= 0.3 is 11.9 Å². The molecule has 2 aromatic carbocycles. The van der Waals surface area contributed by atoms with E-state index in [-0.39, 0.29) is 12.5 Å². The number of methoxy groups -OCH3 is 1. The molecule has 3 rings (SSSR count). The van der Waals surface area contributed by atoms with Gasteiger partial charge < -0.3 is 34.6 Å². The monoisotopic (exact) mass is 561 g/mol. The summed E-state index contributed by atoms with van der Waals surface area (Å²) in [6.45, 7) is 5.45. The minimum absolute atomic E-state index is 0.0808. The van der Waals surface area contributed by atoms with Crippen molar-refractivity contribution in [1.29, 1.82) is 0 Å². The molecule has 0 saturated carbocycles. The molecule has 1 fully saturated rings. The van der Waals surface area contributed by atoms with Crippen LogP contribution in [0.2, 0.25) is 0 Å². The van der Waals surface area contributed by atoms with Crippen LogP contribution in [0.3, 0.4) is 0 Å². The Hall–Kier alpha value is -4.16. The highest BCUT2D eigenvalue weighted by Gasteiger charge is 2.18. The number of benzene rings is 2. The van der Waals surface area contributed by atoms with E-state index >= 15 is 0 Å². The minimum Gasteiger partial charge on any atom is -0.495 e. The molecular weight excluding hydrogens is 525 g/mol. The van der Waals surface area contributed by atoms with Crippen LogP contribution in [0.4, 0.5) is 10.1 Å². The van der Waals surface area contributed by atoms with Crippen molar-refractivity contribution in [2.24, 2.45) is 0 Å². The fourth-order valence-electron chi connectivity index (χ4n) is 3.70. The van der Waals surface area contributed by atoms with Crippen LogP contribution < -0.4 is 19.7 Å². The summed E-state index contributed by atoms with van der Waals surface area (Å²) in [5.41, 5.74) is 1.71. The fourth-order valence-corrected chi connectivity index (χ4v) is 3.70. The summed E-state index contributed by atoms with van der Waals surface area (Å²) in [5, 5.41) is 17.7. The molecule has 1 aliphatic rings. The molecule has 218 valence electrons. The number of amides is 1. The van der Waals surface area contributed by atoms with E-state index in [9.17, 15) is 9.18 Å². The number of piperazine rings is 1. The van der Waals surface area contributed by atoms with Crippen LogP contribution in [-0.2, 0) is 14.3 Å². The standard InChI is InChI=1S/C26H34FN3O4.C2H2O4/c1-32-25-7-3-2-6-24(25)30-17-15-29(16-18-30)14-5-4-13-28-26(31)22-8-10-23(11-9-22)34-21-20-33-19-12-27;3-1(4)2(5)6/h2-11H,12-21H2,1H3,(H,28,31);(H,3,4)(H,5,6)/b5-4+;. The number of para-hydroxylation sites is 2. The number of halogens is 1. The number of anilines is 1. The second kappa shape index (κ2) is 18.2. The van der Waals surface area contributed by atoms with Crippen LogP contribution in [0.15, 0.2) is 60.7 Å². The first-order chi connectivity index (χ1) is 19.3. The van der Waals surface area contributed by atoms with E-state index in [1.54, 1.807) is 31.4 Å². The zero-order chi connectivity index (χ0) is 29.2. The number of nitrogens with zero attached hydrogens (tertiary/aromatic N) is 2. The van der Waals surface area contributed by atoms with Crippen molar-refractivity contribution in [3.05, 3.63) is 66.2 Å². The van der Waals surface area contributed by atoms with Gasteiger partial charge in [-0.2, -0.15) is 0 Å². The van der Waals surface area contributed by atoms with Gasteiger partial charge in [-0.05, 0) is 36.4 Å². The van der Waals surface area contributed by atoms with Gasteiger partial charge in [-0.25, -0.2) is 14.0 Å². The van der Waals surface area contributed by atoms with Crippen LogP contribution in [0.5, 0.6) is 11.5 Å². The minimum atomic E-state index is -1.82. The molecule has 0 aliphatic carbocycles. The first kappa shape index (κ1) is 32.1. The highest BCUT2D eigenvalue weighted by molar-refractivity contribution is 6.27. The van der Waals surface area contributed by atoms with Gasteiger partial charge in [-0.1, -0.05) is 24.3 Å². The van der Waals surface area contributed by atoms with Crippen molar-refractivity contribution in [3.63, 3.8) is 0 Å². The third kappa shape index (κ3) is 11.7. The van der Waals surface area contributed by atoms with E-state index < -0.39 is 18.6 Å². The number of carbonyl (C=O) groups is 3. The van der Waals surface area contributed by atoms with Crippen molar-refractivity contribution in [2.45, 2.75) is 0 Å². The maximum atomic E-state index is 12.3. The zero-order valence-corrected chi connectivity index (χ0v) is 22.5. The zero-order valence-electron chi connectivity index (χ0n) is 22.5. The van der Waals surface area contributed by atoms with E-state index in [2.05, 4.69) is 27.3 Å². The summed E-state index contributed by atoms with van der Waals surface area (Å²) in [6, 6.07) is 15.0. The van der Waals surface area contributed by atoms with Crippen molar-refractivity contribution in [3.8, 4) is 11.5 Å². The lowest BCUT2D eigenvalue weighted by Crippen LogP contribution is -2.46. The van der Waals surface area contributed by atoms with Gasteiger partial charge in [0.15, 0.2) is 0 Å². The predicted octanol–water partition coefficient (Wildman–Crippen LogP) is 2.32. The molecular formula is C28H36FN3O8. The molecule has 0 bridgehead atoms. The Morgan fingerprint density at radius 1 is 0.925 bits per heavy atom. The van der Waals surface area contributed by atoms with Crippen molar-refractivity contribution >= 4 is 23.5 Å². The maximum Gasteiger partial charge on any atom is 0.414 e. The Balaban J connectivity index is 0.000000840. The summed E-state index contributed by atoms with van der Waals surface area (Å²) in [5.74, 6) is -2.22. The Morgan fingerprint density at radius 2 is 1.60 bits per heavy atom. The average molecular weight is 562 g/mol. The van der Waals surface area contributed by atoms with Crippen molar-refractivity contribution in [1.82, 2.24) is 10.2 Å². The number of carbonyl (C=O) groups excluding carboxylic acids is 1. The second-order valence-electron chi connectivity index (χ2n) is 8.43. The molecule has 0 spiro atoms.